The average molecular weight is 543 g/mol. The molecule has 0 bridgehead atoms. The predicted molar refractivity (Wildman–Crippen MR) is 120 cm³/mol. The Morgan fingerprint density at radius 3 is 2.32 bits per heavy atom. The number of aliphatic hydroxyl groups is 1. The van der Waals surface area contributed by atoms with Crippen LogP contribution in [0.4, 0.5) is 0 Å². The number of rotatable bonds is 8. The number of amides is 1. The van der Waals surface area contributed by atoms with Crippen LogP contribution in [0.25, 0.3) is 0 Å². The monoisotopic (exact) mass is 543 g/mol. The summed E-state index contributed by atoms with van der Waals surface area (Å²) in [4.78, 5) is 62.2. The number of aromatic amines is 1. The zero-order valence-electron chi connectivity index (χ0n) is 20.9. The van der Waals surface area contributed by atoms with Crippen molar-refractivity contribution in [2.45, 2.75) is 88.7 Å². The minimum atomic E-state index is -1.62. The molecule has 0 radical (unpaired) electrons. The maximum absolute atomic E-state index is 12.6. The van der Waals surface area contributed by atoms with Crippen LogP contribution in [0.5, 0.6) is 0 Å². The van der Waals surface area contributed by atoms with Crippen LogP contribution in [-0.4, -0.2) is 93.9 Å². The van der Waals surface area contributed by atoms with Crippen molar-refractivity contribution >= 4 is 17.8 Å². The molecule has 3 aliphatic rings. The van der Waals surface area contributed by atoms with E-state index in [9.17, 15) is 29.1 Å². The molecule has 4 N–H and O–H groups in total. The summed E-state index contributed by atoms with van der Waals surface area (Å²) in [6.45, 7) is 4.81. The van der Waals surface area contributed by atoms with E-state index < -0.39 is 96.7 Å². The van der Waals surface area contributed by atoms with Crippen LogP contribution in [0.2, 0.25) is 0 Å². The van der Waals surface area contributed by atoms with Gasteiger partial charge >= 0.3 is 17.6 Å². The number of primary amides is 1. The van der Waals surface area contributed by atoms with Crippen molar-refractivity contribution in [3.05, 3.63) is 33.1 Å². The molecule has 0 aliphatic carbocycles. The van der Waals surface area contributed by atoms with Gasteiger partial charge in [-0.15, -0.1) is 0 Å². The Hall–Kier alpha value is -3.15. The summed E-state index contributed by atoms with van der Waals surface area (Å²) in [6.07, 6.45) is -10.1. The summed E-state index contributed by atoms with van der Waals surface area (Å²) in [6, 6.07) is 1.11. The van der Waals surface area contributed by atoms with Crippen molar-refractivity contribution in [1.82, 2.24) is 9.55 Å². The Kier molecular flexibility index (Phi) is 7.74. The summed E-state index contributed by atoms with van der Waals surface area (Å²) >= 11 is 0. The van der Waals surface area contributed by atoms with Crippen LogP contribution in [-0.2, 0) is 47.5 Å². The maximum Gasteiger partial charge on any atom is 0.330 e. The Labute approximate surface area is 214 Å². The molecule has 0 spiro atoms. The summed E-state index contributed by atoms with van der Waals surface area (Å²) < 4.78 is 40.8. The van der Waals surface area contributed by atoms with Gasteiger partial charge < -0.3 is 44.0 Å². The molecule has 0 saturated carbocycles. The molecule has 3 aliphatic heterocycles. The number of nitrogens with zero attached hydrogens (tertiary/aromatic N) is 1. The topological polar surface area (TPSA) is 217 Å². The Bertz CT molecular complexity index is 1200. The largest absolute Gasteiger partial charge is 0.455 e. The van der Waals surface area contributed by atoms with Gasteiger partial charge in [0.15, 0.2) is 36.6 Å². The third-order valence-electron chi connectivity index (χ3n) is 6.10. The van der Waals surface area contributed by atoms with Crippen molar-refractivity contribution in [2.75, 3.05) is 6.61 Å². The van der Waals surface area contributed by atoms with E-state index in [0.717, 1.165) is 24.5 Å². The molecular formula is C22H29N3O13. The van der Waals surface area contributed by atoms with Gasteiger partial charge in [0.25, 0.3) is 5.56 Å². The highest BCUT2D eigenvalue weighted by Gasteiger charge is 2.60. The van der Waals surface area contributed by atoms with Crippen LogP contribution in [0.3, 0.4) is 0 Å². The number of esters is 2. The molecule has 4 heterocycles. The summed E-state index contributed by atoms with van der Waals surface area (Å²) in [5, 5.41) is 9.74. The summed E-state index contributed by atoms with van der Waals surface area (Å²) in [5.74, 6) is -3.70. The van der Waals surface area contributed by atoms with Gasteiger partial charge in [-0.25, -0.2) is 4.79 Å². The minimum Gasteiger partial charge on any atom is -0.455 e. The first kappa shape index (κ1) is 27.9. The molecule has 4 rings (SSSR count). The first-order chi connectivity index (χ1) is 17.8. The molecule has 0 unspecified atom stereocenters. The number of carbonyl (C=O) groups excluding carboxylic acids is 3. The normalized spacial score (nSPS) is 34.4. The van der Waals surface area contributed by atoms with Gasteiger partial charge in [0, 0.05) is 26.1 Å². The van der Waals surface area contributed by atoms with E-state index in [1.54, 1.807) is 13.8 Å². The van der Waals surface area contributed by atoms with Crippen LogP contribution in [0.15, 0.2) is 21.9 Å². The first-order valence-corrected chi connectivity index (χ1v) is 11.7. The number of fused-ring (bicyclic) bond motifs is 1. The summed E-state index contributed by atoms with van der Waals surface area (Å²) in [5.41, 5.74) is 4.23. The number of nitrogens with two attached hydrogens (primary N) is 1. The van der Waals surface area contributed by atoms with Crippen molar-refractivity contribution in [1.29, 1.82) is 0 Å². The minimum absolute atomic E-state index is 0.629. The van der Waals surface area contributed by atoms with Crippen molar-refractivity contribution in [3.8, 4) is 0 Å². The second kappa shape index (κ2) is 10.5. The van der Waals surface area contributed by atoms with Crippen LogP contribution in [0, 0.1) is 0 Å². The smallest absolute Gasteiger partial charge is 0.330 e. The van der Waals surface area contributed by atoms with Gasteiger partial charge in [-0.3, -0.25) is 28.7 Å². The number of nitrogens with one attached hydrogen (secondary N) is 1. The maximum atomic E-state index is 12.6. The summed E-state index contributed by atoms with van der Waals surface area (Å²) in [7, 11) is 0. The molecule has 16 heteroatoms. The predicted octanol–water partition coefficient (Wildman–Crippen LogP) is -2.59. The molecule has 1 amide bonds. The van der Waals surface area contributed by atoms with Crippen molar-refractivity contribution < 1.29 is 52.6 Å². The molecule has 3 saturated heterocycles. The second-order valence-corrected chi connectivity index (χ2v) is 9.41. The highest BCUT2D eigenvalue weighted by atomic mass is 16.8. The molecule has 1 aromatic heterocycles. The first-order valence-electron chi connectivity index (χ1n) is 11.7. The number of aromatic nitrogens is 2. The molecule has 9 atom stereocenters. The number of hydrogen-bond donors (Lipinski definition) is 3. The van der Waals surface area contributed by atoms with Crippen LogP contribution in [0.1, 0.15) is 33.9 Å². The Balaban J connectivity index is 1.66. The van der Waals surface area contributed by atoms with Gasteiger partial charge in [0.1, 0.15) is 24.4 Å². The zero-order chi connectivity index (χ0) is 27.9. The molecule has 38 heavy (non-hydrogen) atoms. The number of ether oxygens (including phenoxy) is 7. The third-order valence-corrected chi connectivity index (χ3v) is 6.10. The lowest BCUT2D eigenvalue weighted by atomic mass is 10.0. The molecule has 16 nitrogen and oxygen atoms in total. The van der Waals surface area contributed by atoms with E-state index in [0.29, 0.717) is 0 Å². The molecule has 0 aromatic carbocycles. The molecule has 210 valence electrons. The standard InChI is InChI=1S/C22H29N3O13/c1-8(27)32-12-10(7-26)34-20(17(12)33-9(2)28)36-15(18(23)30)13-14-16(38-22(3,4)37-14)19(35-13)25-6-5-11(29)24-21(25)31/h5-6,10,12-17,19-20,26H,7H2,1-4H3,(H2,23,30)(H,24,29,31)/t10-,12-,13+,14-,15-,16-,17-,19-,20+/m1/s1. The molecule has 1 aromatic rings. The quantitative estimate of drug-likeness (QED) is 0.287. The molecular weight excluding hydrogens is 514 g/mol. The lowest BCUT2D eigenvalue weighted by Crippen LogP contribution is -2.51. The van der Waals surface area contributed by atoms with Gasteiger partial charge in [-0.1, -0.05) is 0 Å². The van der Waals surface area contributed by atoms with E-state index in [2.05, 4.69) is 4.98 Å². The van der Waals surface area contributed by atoms with Crippen molar-refractivity contribution in [2.24, 2.45) is 5.73 Å². The number of aliphatic hydroxyl groups excluding tert-OH is 1. The highest BCUT2D eigenvalue weighted by Crippen LogP contribution is 2.44. The van der Waals surface area contributed by atoms with Crippen molar-refractivity contribution in [3.63, 3.8) is 0 Å². The third kappa shape index (κ3) is 5.50. The SMILES string of the molecule is CC(=O)O[C@H]1[C@H](O[C@@H](C(N)=O)[C@H]2O[C@@H](n3ccc(=O)[nH]c3=O)[C@@H]3OC(C)(C)O[C@@H]32)O[C@H](CO)[C@H]1OC(C)=O. The highest BCUT2D eigenvalue weighted by molar-refractivity contribution is 5.79. The Morgan fingerprint density at radius 1 is 1.11 bits per heavy atom. The van der Waals surface area contributed by atoms with Gasteiger partial charge in [0.05, 0.1) is 6.61 Å². The average Bonchev–Trinajstić information content (AvgIpc) is 3.40. The van der Waals surface area contributed by atoms with Gasteiger partial charge in [-0.05, 0) is 13.8 Å². The fraction of sp³-hybridized carbons (Fsp3) is 0.682. The van der Waals surface area contributed by atoms with Gasteiger partial charge in [0.2, 0.25) is 5.91 Å². The van der Waals surface area contributed by atoms with Gasteiger partial charge in [-0.2, -0.15) is 0 Å². The van der Waals surface area contributed by atoms with Crippen LogP contribution >= 0.6 is 0 Å². The number of H-pyrrole nitrogens is 1. The van der Waals surface area contributed by atoms with E-state index in [1.165, 1.54) is 6.20 Å². The van der Waals surface area contributed by atoms with E-state index >= 15 is 0 Å². The fourth-order valence-corrected chi connectivity index (χ4v) is 4.75. The zero-order valence-corrected chi connectivity index (χ0v) is 20.9. The van der Waals surface area contributed by atoms with E-state index in [4.69, 9.17) is 38.9 Å². The number of carbonyl (C=O) groups is 3. The van der Waals surface area contributed by atoms with Crippen LogP contribution < -0.4 is 17.0 Å². The molecule has 3 fully saturated rings. The Morgan fingerprint density at radius 2 is 1.74 bits per heavy atom. The fourth-order valence-electron chi connectivity index (χ4n) is 4.75. The van der Waals surface area contributed by atoms with E-state index in [1.807, 2.05) is 0 Å². The lowest BCUT2D eigenvalue weighted by molar-refractivity contribution is -0.243. The lowest BCUT2D eigenvalue weighted by Gasteiger charge is -2.30. The van der Waals surface area contributed by atoms with E-state index in [-0.39, 0.29) is 0 Å². The number of hydrogen-bond acceptors (Lipinski definition) is 13. The second-order valence-electron chi connectivity index (χ2n) is 9.41.